The molecule has 0 bridgehead atoms. The number of nitriles is 1. The van der Waals surface area contributed by atoms with Crippen LogP contribution in [0.2, 0.25) is 0 Å². The van der Waals surface area contributed by atoms with Gasteiger partial charge in [0.15, 0.2) is 6.07 Å². The first-order valence-corrected chi connectivity index (χ1v) is 4.74. The lowest BCUT2D eigenvalue weighted by Gasteiger charge is -2.36. The van der Waals surface area contributed by atoms with Crippen LogP contribution in [0.5, 0.6) is 0 Å². The number of hydrogen-bond acceptors (Lipinski definition) is 3. The molecule has 0 spiro atoms. The fourth-order valence-corrected chi connectivity index (χ4v) is 2.25. The predicted molar refractivity (Wildman–Crippen MR) is 46.8 cm³/mol. The summed E-state index contributed by atoms with van der Waals surface area (Å²) in [6, 6.07) is 2.20. The molecule has 2 aliphatic rings. The molecule has 1 amide bonds. The zero-order valence-electron chi connectivity index (χ0n) is 7.57. The second-order valence-electron chi connectivity index (χ2n) is 3.69. The van der Waals surface area contributed by atoms with Crippen molar-refractivity contribution in [1.82, 2.24) is 9.80 Å². The summed E-state index contributed by atoms with van der Waals surface area (Å²) < 4.78 is 0. The molecule has 4 nitrogen and oxygen atoms in total. The Bertz CT molecular complexity index is 258. The van der Waals surface area contributed by atoms with Crippen molar-refractivity contribution in [3.63, 3.8) is 0 Å². The second kappa shape index (κ2) is 3.35. The highest BCUT2D eigenvalue weighted by molar-refractivity contribution is 5.91. The third-order valence-corrected chi connectivity index (χ3v) is 2.97. The maximum absolute atomic E-state index is 11.1. The van der Waals surface area contributed by atoms with Crippen LogP contribution in [0.3, 0.4) is 0 Å². The molecule has 2 rings (SSSR count). The summed E-state index contributed by atoms with van der Waals surface area (Å²) in [5, 5.41) is 8.47. The minimum Gasteiger partial charge on any atom is -0.327 e. The summed E-state index contributed by atoms with van der Waals surface area (Å²) in [4.78, 5) is 15.2. The smallest absolute Gasteiger partial charge is 0.325 e. The van der Waals surface area contributed by atoms with Gasteiger partial charge in [0, 0.05) is 25.7 Å². The van der Waals surface area contributed by atoms with Crippen LogP contribution in [-0.2, 0) is 4.79 Å². The summed E-state index contributed by atoms with van der Waals surface area (Å²) in [6.07, 6.45) is 2.41. The molecule has 2 fully saturated rings. The standard InChI is InChI=1S/C9H13N3O/c10-6-9(13)12-5-4-11-3-1-2-8(11)7-12/h8H,1-5,7H2. The van der Waals surface area contributed by atoms with E-state index in [4.69, 9.17) is 5.26 Å². The molecule has 13 heavy (non-hydrogen) atoms. The second-order valence-corrected chi connectivity index (χ2v) is 3.69. The van der Waals surface area contributed by atoms with Crippen molar-refractivity contribution >= 4 is 5.91 Å². The summed E-state index contributed by atoms with van der Waals surface area (Å²) in [5.74, 6) is -0.369. The Hall–Kier alpha value is -1.08. The molecule has 0 aromatic rings. The van der Waals surface area contributed by atoms with E-state index in [-0.39, 0.29) is 5.91 Å². The molecule has 0 aromatic carbocycles. The van der Waals surface area contributed by atoms with E-state index >= 15 is 0 Å². The van der Waals surface area contributed by atoms with Gasteiger partial charge in [0.25, 0.3) is 0 Å². The SMILES string of the molecule is N#CC(=O)N1CCN2CCCC2C1. The molecule has 2 aliphatic heterocycles. The van der Waals surface area contributed by atoms with Crippen LogP contribution in [0.1, 0.15) is 12.8 Å². The number of carbonyl (C=O) groups excluding carboxylic acids is 1. The van der Waals surface area contributed by atoms with Gasteiger partial charge in [-0.2, -0.15) is 5.26 Å². The maximum Gasteiger partial charge on any atom is 0.325 e. The number of piperazine rings is 1. The van der Waals surface area contributed by atoms with Crippen LogP contribution in [0.15, 0.2) is 0 Å². The van der Waals surface area contributed by atoms with Crippen molar-refractivity contribution < 1.29 is 4.79 Å². The molecule has 0 aromatic heterocycles. The van der Waals surface area contributed by atoms with Gasteiger partial charge in [-0.25, -0.2) is 0 Å². The highest BCUT2D eigenvalue weighted by atomic mass is 16.2. The maximum atomic E-state index is 11.1. The number of hydrogen-bond donors (Lipinski definition) is 0. The highest BCUT2D eigenvalue weighted by Crippen LogP contribution is 2.21. The summed E-state index contributed by atoms with van der Waals surface area (Å²) in [6.45, 7) is 3.59. The molecule has 0 saturated carbocycles. The molecule has 0 N–H and O–H groups in total. The third kappa shape index (κ3) is 1.52. The van der Waals surface area contributed by atoms with Crippen molar-refractivity contribution in [3.8, 4) is 6.07 Å². The van der Waals surface area contributed by atoms with E-state index in [9.17, 15) is 4.79 Å². The lowest BCUT2D eigenvalue weighted by atomic mass is 10.1. The first-order chi connectivity index (χ1) is 6.31. The predicted octanol–water partition coefficient (Wildman–Crippen LogP) is -0.183. The Kier molecular flexibility index (Phi) is 2.19. The molecule has 0 radical (unpaired) electrons. The van der Waals surface area contributed by atoms with Gasteiger partial charge in [0.1, 0.15) is 0 Å². The van der Waals surface area contributed by atoms with Gasteiger partial charge in [-0.3, -0.25) is 9.69 Å². The number of fused-ring (bicyclic) bond motifs is 1. The monoisotopic (exact) mass is 179 g/mol. The normalized spacial score (nSPS) is 28.2. The van der Waals surface area contributed by atoms with Gasteiger partial charge < -0.3 is 4.90 Å². The van der Waals surface area contributed by atoms with Crippen LogP contribution in [0, 0.1) is 11.3 Å². The average molecular weight is 179 g/mol. The molecule has 2 heterocycles. The Morgan fingerprint density at radius 2 is 2.23 bits per heavy atom. The average Bonchev–Trinajstić information content (AvgIpc) is 2.63. The van der Waals surface area contributed by atoms with Crippen LogP contribution in [0.25, 0.3) is 0 Å². The molecule has 70 valence electrons. The van der Waals surface area contributed by atoms with Crippen molar-refractivity contribution in [2.24, 2.45) is 0 Å². The first-order valence-electron chi connectivity index (χ1n) is 4.74. The van der Waals surface area contributed by atoms with Gasteiger partial charge >= 0.3 is 5.91 Å². The van der Waals surface area contributed by atoms with E-state index in [0.717, 1.165) is 19.6 Å². The molecule has 0 aliphatic carbocycles. The lowest BCUT2D eigenvalue weighted by molar-refractivity contribution is -0.127. The largest absolute Gasteiger partial charge is 0.327 e. The number of nitrogens with zero attached hydrogens (tertiary/aromatic N) is 3. The van der Waals surface area contributed by atoms with Crippen LogP contribution in [-0.4, -0.2) is 47.9 Å². The van der Waals surface area contributed by atoms with E-state index in [1.54, 1.807) is 11.0 Å². The molecule has 2 saturated heterocycles. The van der Waals surface area contributed by atoms with Crippen molar-refractivity contribution in [1.29, 1.82) is 5.26 Å². The Morgan fingerprint density at radius 1 is 1.38 bits per heavy atom. The molecular formula is C9H13N3O. The Labute approximate surface area is 77.7 Å². The number of rotatable bonds is 0. The first kappa shape index (κ1) is 8.52. The van der Waals surface area contributed by atoms with Gasteiger partial charge in [0.2, 0.25) is 0 Å². The number of amides is 1. The van der Waals surface area contributed by atoms with Crippen molar-refractivity contribution in [2.45, 2.75) is 18.9 Å². The Morgan fingerprint density at radius 3 is 3.00 bits per heavy atom. The van der Waals surface area contributed by atoms with Gasteiger partial charge in [-0.15, -0.1) is 0 Å². The molecule has 4 heteroatoms. The van der Waals surface area contributed by atoms with Crippen LogP contribution < -0.4 is 0 Å². The van der Waals surface area contributed by atoms with E-state index in [1.807, 2.05) is 0 Å². The van der Waals surface area contributed by atoms with E-state index in [2.05, 4.69) is 4.90 Å². The van der Waals surface area contributed by atoms with Gasteiger partial charge in [-0.1, -0.05) is 0 Å². The van der Waals surface area contributed by atoms with Gasteiger partial charge in [0.05, 0.1) is 0 Å². The Balaban J connectivity index is 1.98. The fourth-order valence-electron chi connectivity index (χ4n) is 2.25. The summed E-state index contributed by atoms with van der Waals surface area (Å²) >= 11 is 0. The van der Waals surface area contributed by atoms with Crippen molar-refractivity contribution in [3.05, 3.63) is 0 Å². The van der Waals surface area contributed by atoms with Gasteiger partial charge in [-0.05, 0) is 19.4 Å². The van der Waals surface area contributed by atoms with Crippen LogP contribution >= 0.6 is 0 Å². The third-order valence-electron chi connectivity index (χ3n) is 2.97. The number of carbonyl (C=O) groups is 1. The van der Waals surface area contributed by atoms with E-state index in [1.165, 1.54) is 19.4 Å². The minimum atomic E-state index is -0.369. The molecular weight excluding hydrogens is 166 g/mol. The summed E-state index contributed by atoms with van der Waals surface area (Å²) in [5.41, 5.74) is 0. The molecule has 1 unspecified atom stereocenters. The molecule has 1 atom stereocenters. The van der Waals surface area contributed by atoms with Crippen LogP contribution in [0.4, 0.5) is 0 Å². The topological polar surface area (TPSA) is 47.3 Å². The summed E-state index contributed by atoms with van der Waals surface area (Å²) in [7, 11) is 0. The minimum absolute atomic E-state index is 0.369. The fraction of sp³-hybridized carbons (Fsp3) is 0.778. The zero-order chi connectivity index (χ0) is 9.26. The van der Waals surface area contributed by atoms with E-state index < -0.39 is 0 Å². The highest BCUT2D eigenvalue weighted by Gasteiger charge is 2.32. The van der Waals surface area contributed by atoms with E-state index in [0.29, 0.717) is 6.04 Å². The zero-order valence-corrected chi connectivity index (χ0v) is 7.57. The lowest BCUT2D eigenvalue weighted by Crippen LogP contribution is -2.51. The van der Waals surface area contributed by atoms with Crippen molar-refractivity contribution in [2.75, 3.05) is 26.2 Å². The quantitative estimate of drug-likeness (QED) is 0.484.